The van der Waals surface area contributed by atoms with Crippen LogP contribution >= 0.6 is 0 Å². The number of Topliss-reactive ketones (excluding diaryl/α,β-unsaturated/α-hetero) is 1. The van der Waals surface area contributed by atoms with Gasteiger partial charge in [-0.15, -0.1) is 0 Å². The summed E-state index contributed by atoms with van der Waals surface area (Å²) in [7, 11) is 0. The lowest BCUT2D eigenvalue weighted by Crippen LogP contribution is -2.29. The fourth-order valence-electron chi connectivity index (χ4n) is 5.24. The van der Waals surface area contributed by atoms with E-state index in [4.69, 9.17) is 4.74 Å². The topological polar surface area (TPSA) is 83.9 Å². The standard InChI is InChI=1S/C31H29NO5/c1-2-37-26(33)18-20-12-16-25(17-13-20)32-28(22-9-4-3-5-10-22)27(30(35)31(32)36)29(34)24-15-14-21-8-6-7-11-23(21)19-24/h3-5,9-10,12-17,19,28,34H,2,6-8,11,18H2,1H3/b29-27-. The molecular formula is C31H29NO5. The van der Waals surface area contributed by atoms with Crippen molar-refractivity contribution < 1.29 is 24.2 Å². The van der Waals surface area contributed by atoms with E-state index in [0.29, 0.717) is 17.9 Å². The van der Waals surface area contributed by atoms with E-state index in [1.165, 1.54) is 16.0 Å². The minimum absolute atomic E-state index is 0.0718. The second-order valence-electron chi connectivity index (χ2n) is 9.42. The van der Waals surface area contributed by atoms with Crippen LogP contribution in [0.4, 0.5) is 5.69 Å². The third-order valence-electron chi connectivity index (χ3n) is 7.05. The monoisotopic (exact) mass is 495 g/mol. The van der Waals surface area contributed by atoms with Gasteiger partial charge in [-0.3, -0.25) is 19.3 Å². The van der Waals surface area contributed by atoms with Gasteiger partial charge in [0.05, 0.1) is 24.6 Å². The molecular weight excluding hydrogens is 466 g/mol. The van der Waals surface area contributed by atoms with Gasteiger partial charge in [0.2, 0.25) is 0 Å². The van der Waals surface area contributed by atoms with E-state index in [9.17, 15) is 19.5 Å². The molecule has 1 aliphatic heterocycles. The van der Waals surface area contributed by atoms with Crippen LogP contribution in [-0.2, 0) is 38.4 Å². The van der Waals surface area contributed by atoms with Gasteiger partial charge in [-0.1, -0.05) is 54.6 Å². The molecule has 1 amide bonds. The van der Waals surface area contributed by atoms with Gasteiger partial charge < -0.3 is 9.84 Å². The van der Waals surface area contributed by atoms with Crippen molar-refractivity contribution in [2.24, 2.45) is 0 Å². The highest BCUT2D eigenvalue weighted by Gasteiger charge is 2.47. The van der Waals surface area contributed by atoms with E-state index < -0.39 is 17.7 Å². The number of hydrogen-bond donors (Lipinski definition) is 1. The fraction of sp³-hybridized carbons (Fsp3) is 0.258. The van der Waals surface area contributed by atoms with Crippen LogP contribution < -0.4 is 4.90 Å². The Labute approximate surface area is 216 Å². The normalized spacial score (nSPS) is 18.5. The van der Waals surface area contributed by atoms with Crippen molar-refractivity contribution in [3.8, 4) is 0 Å². The SMILES string of the molecule is CCOC(=O)Cc1ccc(N2C(=O)C(=O)/C(=C(\O)c3ccc4c(c3)CCCC4)C2c2ccccc2)cc1. The van der Waals surface area contributed by atoms with Crippen molar-refractivity contribution in [1.82, 2.24) is 0 Å². The van der Waals surface area contributed by atoms with Gasteiger partial charge >= 0.3 is 5.97 Å². The Morgan fingerprint density at radius 1 is 0.946 bits per heavy atom. The minimum atomic E-state index is -0.784. The second kappa shape index (κ2) is 10.4. The average Bonchev–Trinajstić information content (AvgIpc) is 3.19. The molecule has 6 nitrogen and oxygen atoms in total. The van der Waals surface area contributed by atoms with Crippen LogP contribution in [0.15, 0.2) is 78.4 Å². The summed E-state index contributed by atoms with van der Waals surface area (Å²) >= 11 is 0. The molecule has 5 rings (SSSR count). The van der Waals surface area contributed by atoms with E-state index >= 15 is 0 Å². The number of rotatable bonds is 6. The number of aliphatic hydroxyl groups excluding tert-OH is 1. The third kappa shape index (κ3) is 4.79. The lowest BCUT2D eigenvalue weighted by atomic mass is 9.88. The molecule has 1 atom stereocenters. The van der Waals surface area contributed by atoms with Crippen LogP contribution in [0.3, 0.4) is 0 Å². The first-order valence-corrected chi connectivity index (χ1v) is 12.7. The van der Waals surface area contributed by atoms with Gasteiger partial charge in [0, 0.05) is 11.3 Å². The summed E-state index contributed by atoms with van der Waals surface area (Å²) in [4.78, 5) is 40.1. The fourth-order valence-corrected chi connectivity index (χ4v) is 5.24. The zero-order valence-electron chi connectivity index (χ0n) is 20.8. The minimum Gasteiger partial charge on any atom is -0.507 e. The molecule has 0 bridgehead atoms. The predicted octanol–water partition coefficient (Wildman–Crippen LogP) is 5.30. The molecule has 0 spiro atoms. The van der Waals surface area contributed by atoms with Crippen LogP contribution in [0.2, 0.25) is 0 Å². The number of carbonyl (C=O) groups excluding carboxylic acids is 3. The van der Waals surface area contributed by atoms with Gasteiger partial charge in [-0.2, -0.15) is 0 Å². The number of hydrogen-bond acceptors (Lipinski definition) is 5. The van der Waals surface area contributed by atoms with Gasteiger partial charge in [-0.05, 0) is 73.1 Å². The van der Waals surface area contributed by atoms with Gasteiger partial charge in [0.1, 0.15) is 5.76 Å². The second-order valence-corrected chi connectivity index (χ2v) is 9.42. The average molecular weight is 496 g/mol. The van der Waals surface area contributed by atoms with Crippen molar-refractivity contribution in [3.63, 3.8) is 0 Å². The number of anilines is 1. The number of nitrogens with zero attached hydrogens (tertiary/aromatic N) is 1. The molecule has 0 saturated carbocycles. The first-order valence-electron chi connectivity index (χ1n) is 12.7. The van der Waals surface area contributed by atoms with E-state index in [1.807, 2.05) is 48.5 Å². The number of ether oxygens (including phenoxy) is 1. The lowest BCUT2D eigenvalue weighted by molar-refractivity contribution is -0.142. The predicted molar refractivity (Wildman–Crippen MR) is 141 cm³/mol. The Morgan fingerprint density at radius 3 is 2.35 bits per heavy atom. The van der Waals surface area contributed by atoms with Gasteiger partial charge in [-0.25, -0.2) is 0 Å². The summed E-state index contributed by atoms with van der Waals surface area (Å²) in [6.07, 6.45) is 4.31. The van der Waals surface area contributed by atoms with Gasteiger partial charge in [0.25, 0.3) is 11.7 Å². The first-order chi connectivity index (χ1) is 18.0. The van der Waals surface area contributed by atoms with Crippen molar-refractivity contribution in [2.75, 3.05) is 11.5 Å². The van der Waals surface area contributed by atoms with E-state index in [2.05, 4.69) is 0 Å². The highest BCUT2D eigenvalue weighted by atomic mass is 16.5. The molecule has 3 aromatic carbocycles. The molecule has 1 N–H and O–H groups in total. The summed E-state index contributed by atoms with van der Waals surface area (Å²) in [5.41, 5.74) is 5.03. The number of benzene rings is 3. The molecule has 1 unspecified atom stereocenters. The van der Waals surface area contributed by atoms with Crippen LogP contribution in [0.25, 0.3) is 5.76 Å². The highest BCUT2D eigenvalue weighted by Crippen LogP contribution is 2.42. The van der Waals surface area contributed by atoms with Crippen LogP contribution in [0.1, 0.15) is 53.6 Å². The first kappa shape index (κ1) is 24.5. The Hall–Kier alpha value is -4.19. The Bertz CT molecular complexity index is 1370. The van der Waals surface area contributed by atoms with E-state index in [0.717, 1.165) is 36.8 Å². The van der Waals surface area contributed by atoms with Crippen LogP contribution in [-0.4, -0.2) is 29.4 Å². The number of amides is 1. The molecule has 188 valence electrons. The zero-order chi connectivity index (χ0) is 25.9. The molecule has 1 fully saturated rings. The summed E-state index contributed by atoms with van der Waals surface area (Å²) < 4.78 is 5.02. The van der Waals surface area contributed by atoms with Crippen molar-refractivity contribution in [3.05, 3.63) is 106 Å². The summed E-state index contributed by atoms with van der Waals surface area (Å²) in [5, 5.41) is 11.4. The number of aliphatic hydroxyl groups is 1. The molecule has 2 aliphatic rings. The molecule has 3 aromatic rings. The maximum Gasteiger partial charge on any atom is 0.310 e. The Balaban J connectivity index is 1.57. The number of esters is 1. The van der Waals surface area contributed by atoms with Gasteiger partial charge in [0.15, 0.2) is 0 Å². The summed E-state index contributed by atoms with van der Waals surface area (Å²) in [6.45, 7) is 2.06. The molecule has 6 heteroatoms. The van der Waals surface area contributed by atoms with Crippen molar-refractivity contribution >= 4 is 29.1 Å². The maximum absolute atomic E-state index is 13.4. The smallest absolute Gasteiger partial charge is 0.310 e. The molecule has 1 aliphatic carbocycles. The maximum atomic E-state index is 13.4. The van der Waals surface area contributed by atoms with Crippen LogP contribution in [0, 0.1) is 0 Å². The number of fused-ring (bicyclic) bond motifs is 1. The van der Waals surface area contributed by atoms with Crippen molar-refractivity contribution in [1.29, 1.82) is 0 Å². The summed E-state index contributed by atoms with van der Waals surface area (Å²) in [6, 6.07) is 21.2. The lowest BCUT2D eigenvalue weighted by Gasteiger charge is -2.25. The molecule has 1 heterocycles. The van der Waals surface area contributed by atoms with Crippen LogP contribution in [0.5, 0.6) is 0 Å². The highest BCUT2D eigenvalue weighted by molar-refractivity contribution is 6.51. The quantitative estimate of drug-likeness (QED) is 0.217. The van der Waals surface area contributed by atoms with E-state index in [-0.39, 0.29) is 23.7 Å². The van der Waals surface area contributed by atoms with E-state index in [1.54, 1.807) is 31.2 Å². The molecule has 37 heavy (non-hydrogen) atoms. The Morgan fingerprint density at radius 2 is 1.65 bits per heavy atom. The number of carbonyl (C=O) groups is 3. The number of ketones is 1. The Kier molecular flexibility index (Phi) is 6.91. The third-order valence-corrected chi connectivity index (χ3v) is 7.05. The largest absolute Gasteiger partial charge is 0.507 e. The van der Waals surface area contributed by atoms with Crippen molar-refractivity contribution in [2.45, 2.75) is 45.1 Å². The summed E-state index contributed by atoms with van der Waals surface area (Å²) in [5.74, 6) is -1.92. The molecule has 1 saturated heterocycles. The number of aryl methyl sites for hydroxylation is 2. The molecule has 0 aromatic heterocycles. The zero-order valence-corrected chi connectivity index (χ0v) is 20.8. The molecule has 0 radical (unpaired) electrons.